The Kier molecular flexibility index (Phi) is 4.81. The molecule has 0 atom stereocenters. The molecule has 1 aromatic rings. The zero-order valence-electron chi connectivity index (χ0n) is 11.4. The van der Waals surface area contributed by atoms with Crippen molar-refractivity contribution < 1.29 is 8.42 Å². The van der Waals surface area contributed by atoms with E-state index in [0.29, 0.717) is 36.2 Å². The zero-order valence-corrected chi connectivity index (χ0v) is 13.7. The third-order valence-corrected chi connectivity index (χ3v) is 5.62. The minimum atomic E-state index is -3.33. The van der Waals surface area contributed by atoms with Crippen LogP contribution in [0.15, 0.2) is 18.2 Å². The average molecular weight is 338 g/mol. The fourth-order valence-electron chi connectivity index (χ4n) is 2.13. The molecule has 0 unspecified atom stereocenters. The molecule has 1 aromatic carbocycles. The molecule has 1 saturated heterocycles. The van der Waals surface area contributed by atoms with E-state index in [4.69, 9.17) is 23.2 Å². The van der Waals surface area contributed by atoms with Gasteiger partial charge in [0.15, 0.2) is 0 Å². The second kappa shape index (κ2) is 6.07. The van der Waals surface area contributed by atoms with Crippen LogP contribution in [0.4, 0.5) is 5.69 Å². The summed E-state index contributed by atoms with van der Waals surface area (Å²) in [4.78, 5) is 2.08. The van der Waals surface area contributed by atoms with E-state index in [2.05, 4.69) is 4.90 Å². The Morgan fingerprint density at radius 2 is 1.50 bits per heavy atom. The lowest BCUT2D eigenvalue weighted by molar-refractivity contribution is 0.355. The highest BCUT2D eigenvalue weighted by Crippen LogP contribution is 2.26. The van der Waals surface area contributed by atoms with Crippen LogP contribution in [0.5, 0.6) is 0 Å². The van der Waals surface area contributed by atoms with Crippen LogP contribution in [0, 0.1) is 0 Å². The van der Waals surface area contributed by atoms with E-state index in [1.165, 1.54) is 8.61 Å². The maximum Gasteiger partial charge on any atom is 0.281 e. The van der Waals surface area contributed by atoms with Crippen molar-refractivity contribution in [1.29, 1.82) is 0 Å². The summed E-state index contributed by atoms with van der Waals surface area (Å²) in [6, 6.07) is 5.35. The number of benzene rings is 1. The zero-order chi connectivity index (χ0) is 14.9. The van der Waals surface area contributed by atoms with Crippen molar-refractivity contribution >= 4 is 39.1 Å². The van der Waals surface area contributed by atoms with E-state index in [-0.39, 0.29) is 0 Å². The summed E-state index contributed by atoms with van der Waals surface area (Å²) in [6.45, 7) is 2.13. The summed E-state index contributed by atoms with van der Waals surface area (Å²) in [5, 5.41) is 1.16. The SMILES string of the molecule is CN(C)S(=O)(=O)N1CCN(c2cc(Cl)cc(Cl)c2)CC1. The predicted molar refractivity (Wildman–Crippen MR) is 82.9 cm³/mol. The van der Waals surface area contributed by atoms with Gasteiger partial charge in [-0.1, -0.05) is 23.2 Å². The normalized spacial score (nSPS) is 17.8. The van der Waals surface area contributed by atoms with E-state index in [1.807, 2.05) is 12.1 Å². The molecule has 0 aromatic heterocycles. The fourth-order valence-corrected chi connectivity index (χ4v) is 3.73. The smallest absolute Gasteiger partial charge is 0.281 e. The van der Waals surface area contributed by atoms with Crippen LogP contribution in [0.25, 0.3) is 0 Å². The monoisotopic (exact) mass is 337 g/mol. The molecular formula is C12H17Cl2N3O2S. The molecule has 1 aliphatic heterocycles. The van der Waals surface area contributed by atoms with Gasteiger partial charge in [-0.2, -0.15) is 17.0 Å². The number of nitrogens with zero attached hydrogens (tertiary/aromatic N) is 3. The maximum atomic E-state index is 12.0. The van der Waals surface area contributed by atoms with Crippen LogP contribution in [-0.4, -0.2) is 57.3 Å². The molecule has 0 radical (unpaired) electrons. The van der Waals surface area contributed by atoms with Crippen LogP contribution < -0.4 is 4.90 Å². The van der Waals surface area contributed by atoms with Gasteiger partial charge in [-0.05, 0) is 18.2 Å². The highest BCUT2D eigenvalue weighted by Gasteiger charge is 2.28. The molecule has 0 amide bonds. The molecule has 1 heterocycles. The van der Waals surface area contributed by atoms with Crippen LogP contribution >= 0.6 is 23.2 Å². The standard InChI is InChI=1S/C12H17Cl2N3O2S/c1-15(2)20(18,19)17-5-3-16(4-6-17)12-8-10(13)7-11(14)9-12/h7-9H,3-6H2,1-2H3. The van der Waals surface area contributed by atoms with Gasteiger partial charge in [0.2, 0.25) is 0 Å². The predicted octanol–water partition coefficient (Wildman–Crippen LogP) is 1.92. The van der Waals surface area contributed by atoms with Gasteiger partial charge in [0.25, 0.3) is 10.2 Å². The minimum Gasteiger partial charge on any atom is -0.369 e. The van der Waals surface area contributed by atoms with E-state index in [1.54, 1.807) is 20.2 Å². The van der Waals surface area contributed by atoms with Gasteiger partial charge in [-0.25, -0.2) is 0 Å². The Balaban J connectivity index is 2.08. The van der Waals surface area contributed by atoms with Gasteiger partial charge < -0.3 is 4.90 Å². The summed E-state index contributed by atoms with van der Waals surface area (Å²) in [6.07, 6.45) is 0. The van der Waals surface area contributed by atoms with Crippen molar-refractivity contribution in [1.82, 2.24) is 8.61 Å². The van der Waals surface area contributed by atoms with Gasteiger partial charge in [0.1, 0.15) is 0 Å². The largest absolute Gasteiger partial charge is 0.369 e. The van der Waals surface area contributed by atoms with E-state index >= 15 is 0 Å². The summed E-state index contributed by atoms with van der Waals surface area (Å²) >= 11 is 12.0. The number of anilines is 1. The summed E-state index contributed by atoms with van der Waals surface area (Å²) in [5.74, 6) is 0. The number of hydrogen-bond acceptors (Lipinski definition) is 3. The van der Waals surface area contributed by atoms with Crippen molar-refractivity contribution in [3.63, 3.8) is 0 Å². The van der Waals surface area contributed by atoms with Gasteiger partial charge >= 0.3 is 0 Å². The first kappa shape index (κ1) is 15.9. The average Bonchev–Trinajstić information content (AvgIpc) is 2.37. The van der Waals surface area contributed by atoms with Crippen LogP contribution in [0.2, 0.25) is 10.0 Å². The number of halogens is 2. The van der Waals surface area contributed by atoms with Crippen molar-refractivity contribution in [2.75, 3.05) is 45.2 Å². The maximum absolute atomic E-state index is 12.0. The van der Waals surface area contributed by atoms with Crippen LogP contribution in [0.3, 0.4) is 0 Å². The molecule has 0 N–H and O–H groups in total. The Hall–Kier alpha value is -0.530. The fraction of sp³-hybridized carbons (Fsp3) is 0.500. The van der Waals surface area contributed by atoms with Gasteiger partial charge in [-0.3, -0.25) is 0 Å². The first-order valence-corrected chi connectivity index (χ1v) is 8.34. The minimum absolute atomic E-state index is 0.449. The summed E-state index contributed by atoms with van der Waals surface area (Å²) in [5.41, 5.74) is 0.921. The van der Waals surface area contributed by atoms with E-state index in [9.17, 15) is 8.42 Å². The van der Waals surface area contributed by atoms with E-state index in [0.717, 1.165) is 5.69 Å². The highest BCUT2D eigenvalue weighted by atomic mass is 35.5. The Bertz CT molecular complexity index is 564. The van der Waals surface area contributed by atoms with Gasteiger partial charge in [-0.15, -0.1) is 0 Å². The summed E-state index contributed by atoms with van der Waals surface area (Å²) in [7, 11) is -0.254. The van der Waals surface area contributed by atoms with Gasteiger partial charge in [0, 0.05) is 56.0 Å². The third kappa shape index (κ3) is 3.38. The molecule has 20 heavy (non-hydrogen) atoms. The molecular weight excluding hydrogens is 321 g/mol. The lowest BCUT2D eigenvalue weighted by atomic mass is 10.2. The molecule has 1 aliphatic rings. The molecule has 112 valence electrons. The number of piperazine rings is 1. The molecule has 2 rings (SSSR count). The second-order valence-electron chi connectivity index (χ2n) is 4.80. The molecule has 1 fully saturated rings. The lowest BCUT2D eigenvalue weighted by Gasteiger charge is -2.36. The Morgan fingerprint density at radius 3 is 1.95 bits per heavy atom. The Morgan fingerprint density at radius 1 is 1.00 bits per heavy atom. The third-order valence-electron chi connectivity index (χ3n) is 3.24. The first-order valence-electron chi connectivity index (χ1n) is 6.19. The topological polar surface area (TPSA) is 43.9 Å². The second-order valence-corrected chi connectivity index (χ2v) is 7.82. The van der Waals surface area contributed by atoms with Crippen LogP contribution in [0.1, 0.15) is 0 Å². The molecule has 5 nitrogen and oxygen atoms in total. The molecule has 0 bridgehead atoms. The highest BCUT2D eigenvalue weighted by molar-refractivity contribution is 7.86. The van der Waals surface area contributed by atoms with Crippen molar-refractivity contribution in [2.45, 2.75) is 0 Å². The van der Waals surface area contributed by atoms with Crippen molar-refractivity contribution in [2.24, 2.45) is 0 Å². The number of rotatable bonds is 3. The molecule has 8 heteroatoms. The van der Waals surface area contributed by atoms with Crippen LogP contribution in [-0.2, 0) is 10.2 Å². The quantitative estimate of drug-likeness (QED) is 0.846. The Labute approximate surface area is 129 Å². The van der Waals surface area contributed by atoms with Crippen molar-refractivity contribution in [3.8, 4) is 0 Å². The summed E-state index contributed by atoms with van der Waals surface area (Å²) < 4.78 is 26.8. The molecule has 0 spiro atoms. The molecule has 0 aliphatic carbocycles. The van der Waals surface area contributed by atoms with E-state index < -0.39 is 10.2 Å². The number of hydrogen-bond donors (Lipinski definition) is 0. The lowest BCUT2D eigenvalue weighted by Crippen LogP contribution is -2.51. The molecule has 0 saturated carbocycles. The van der Waals surface area contributed by atoms with Crippen molar-refractivity contribution in [3.05, 3.63) is 28.2 Å². The van der Waals surface area contributed by atoms with Gasteiger partial charge in [0.05, 0.1) is 0 Å². The first-order chi connectivity index (χ1) is 9.30.